The topological polar surface area (TPSA) is 15.8 Å². The van der Waals surface area contributed by atoms with Crippen LogP contribution < -0.4 is 0 Å². The minimum Gasteiger partial charge on any atom is -0.360 e. The quantitative estimate of drug-likeness (QED) is 0.673. The second-order valence-corrected chi connectivity index (χ2v) is 5.33. The first-order valence-corrected chi connectivity index (χ1v) is 6.94. The van der Waals surface area contributed by atoms with Crippen LogP contribution in [0.4, 0.5) is 0 Å². The summed E-state index contributed by atoms with van der Waals surface area (Å²) in [6.07, 6.45) is 3.16. The predicted molar refractivity (Wildman–Crippen MR) is 80.8 cm³/mol. The van der Waals surface area contributed by atoms with Crippen LogP contribution in [-0.2, 0) is 6.42 Å². The number of H-pyrrole nitrogens is 1. The lowest BCUT2D eigenvalue weighted by atomic mass is 10.0. The van der Waals surface area contributed by atoms with Crippen molar-refractivity contribution in [2.24, 2.45) is 0 Å². The summed E-state index contributed by atoms with van der Waals surface area (Å²) in [4.78, 5) is 3.41. The van der Waals surface area contributed by atoms with Gasteiger partial charge in [0, 0.05) is 21.6 Å². The number of aromatic nitrogens is 1. The van der Waals surface area contributed by atoms with Crippen molar-refractivity contribution in [3.63, 3.8) is 0 Å². The van der Waals surface area contributed by atoms with Crippen molar-refractivity contribution in [3.8, 4) is 11.1 Å². The summed E-state index contributed by atoms with van der Waals surface area (Å²) in [5.74, 6) is 0. The summed E-state index contributed by atoms with van der Waals surface area (Å²) in [7, 11) is 0. The first-order valence-electron chi connectivity index (χ1n) is 6.14. The monoisotopic (exact) mass is 299 g/mol. The number of hydrogen-bond donors (Lipinski definition) is 1. The van der Waals surface area contributed by atoms with Crippen molar-refractivity contribution >= 4 is 26.8 Å². The standard InChI is InChI=1S/C16H14BrN/c1-2-11-10-18-16-14(11)8-13(17)9-15(16)12-6-4-3-5-7-12/h3-10,18H,2H2,1H3. The fourth-order valence-electron chi connectivity index (χ4n) is 2.39. The summed E-state index contributed by atoms with van der Waals surface area (Å²) < 4.78 is 1.13. The normalized spacial score (nSPS) is 11.0. The van der Waals surface area contributed by atoms with Crippen LogP contribution in [0.2, 0.25) is 0 Å². The Bertz CT molecular complexity index is 683. The van der Waals surface area contributed by atoms with Crippen LogP contribution in [0.25, 0.3) is 22.0 Å². The lowest BCUT2D eigenvalue weighted by molar-refractivity contribution is 1.15. The number of fused-ring (bicyclic) bond motifs is 1. The molecule has 0 aliphatic rings. The summed E-state index contributed by atoms with van der Waals surface area (Å²) >= 11 is 3.61. The third kappa shape index (κ3) is 1.87. The van der Waals surface area contributed by atoms with Crippen LogP contribution in [-0.4, -0.2) is 4.98 Å². The molecule has 2 heteroatoms. The average molecular weight is 300 g/mol. The molecule has 1 N–H and O–H groups in total. The molecule has 0 saturated heterocycles. The highest BCUT2D eigenvalue weighted by Crippen LogP contribution is 2.33. The molecule has 0 aliphatic carbocycles. The van der Waals surface area contributed by atoms with Crippen LogP contribution in [0.3, 0.4) is 0 Å². The third-order valence-corrected chi connectivity index (χ3v) is 3.76. The van der Waals surface area contributed by atoms with Crippen LogP contribution in [0.15, 0.2) is 53.1 Å². The van der Waals surface area contributed by atoms with Crippen molar-refractivity contribution < 1.29 is 0 Å². The number of aryl methyl sites for hydroxylation is 1. The van der Waals surface area contributed by atoms with Crippen LogP contribution in [0.1, 0.15) is 12.5 Å². The van der Waals surface area contributed by atoms with E-state index in [2.05, 4.69) is 70.4 Å². The molecule has 0 aliphatic heterocycles. The van der Waals surface area contributed by atoms with E-state index in [9.17, 15) is 0 Å². The van der Waals surface area contributed by atoms with Crippen molar-refractivity contribution in [1.29, 1.82) is 0 Å². The number of nitrogens with one attached hydrogen (secondary N) is 1. The Hall–Kier alpha value is -1.54. The summed E-state index contributed by atoms with van der Waals surface area (Å²) in [5, 5.41) is 1.31. The van der Waals surface area contributed by atoms with Crippen LogP contribution in [0.5, 0.6) is 0 Å². The number of aromatic amines is 1. The molecule has 0 bridgehead atoms. The smallest absolute Gasteiger partial charge is 0.0537 e. The van der Waals surface area contributed by atoms with E-state index in [0.717, 1.165) is 10.9 Å². The van der Waals surface area contributed by atoms with Gasteiger partial charge in [0.15, 0.2) is 0 Å². The summed E-state index contributed by atoms with van der Waals surface area (Å²) in [6.45, 7) is 2.19. The van der Waals surface area contributed by atoms with Crippen molar-refractivity contribution in [1.82, 2.24) is 4.98 Å². The zero-order chi connectivity index (χ0) is 12.5. The van der Waals surface area contributed by atoms with Crippen LogP contribution >= 0.6 is 15.9 Å². The molecule has 3 aromatic rings. The second kappa shape index (κ2) is 4.62. The van der Waals surface area contributed by atoms with Gasteiger partial charge < -0.3 is 4.98 Å². The highest BCUT2D eigenvalue weighted by atomic mass is 79.9. The minimum atomic E-state index is 1.05. The Labute approximate surface area is 115 Å². The van der Waals surface area contributed by atoms with Gasteiger partial charge in [-0.15, -0.1) is 0 Å². The maximum atomic E-state index is 3.61. The van der Waals surface area contributed by atoms with Crippen molar-refractivity contribution in [3.05, 3.63) is 58.7 Å². The summed E-state index contributed by atoms with van der Waals surface area (Å²) in [5.41, 5.74) is 5.08. The van der Waals surface area contributed by atoms with Gasteiger partial charge in [-0.25, -0.2) is 0 Å². The van der Waals surface area contributed by atoms with Gasteiger partial charge in [0.25, 0.3) is 0 Å². The van der Waals surface area contributed by atoms with E-state index < -0.39 is 0 Å². The SMILES string of the molecule is CCc1c[nH]c2c(-c3ccccc3)cc(Br)cc12. The van der Waals surface area contributed by atoms with Crippen molar-refractivity contribution in [2.45, 2.75) is 13.3 Å². The van der Waals surface area contributed by atoms with E-state index in [4.69, 9.17) is 0 Å². The molecular formula is C16H14BrN. The van der Waals surface area contributed by atoms with E-state index in [1.807, 2.05) is 6.07 Å². The lowest BCUT2D eigenvalue weighted by Crippen LogP contribution is -1.82. The van der Waals surface area contributed by atoms with Crippen LogP contribution in [0, 0.1) is 0 Å². The van der Waals surface area contributed by atoms with Gasteiger partial charge in [-0.1, -0.05) is 53.2 Å². The van der Waals surface area contributed by atoms with Gasteiger partial charge in [-0.05, 0) is 29.7 Å². The maximum absolute atomic E-state index is 3.61. The molecular weight excluding hydrogens is 286 g/mol. The molecule has 1 aromatic heterocycles. The molecule has 0 radical (unpaired) electrons. The Kier molecular flexibility index (Phi) is 2.96. The number of halogens is 1. The van der Waals surface area contributed by atoms with E-state index >= 15 is 0 Å². The first kappa shape index (κ1) is 11.5. The third-order valence-electron chi connectivity index (χ3n) is 3.31. The summed E-state index contributed by atoms with van der Waals surface area (Å²) in [6, 6.07) is 14.9. The van der Waals surface area contributed by atoms with Gasteiger partial charge in [-0.3, -0.25) is 0 Å². The van der Waals surface area contributed by atoms with E-state index in [1.165, 1.54) is 27.6 Å². The average Bonchev–Trinajstić information content (AvgIpc) is 2.81. The number of hydrogen-bond acceptors (Lipinski definition) is 0. The fraction of sp³-hybridized carbons (Fsp3) is 0.125. The zero-order valence-corrected chi connectivity index (χ0v) is 11.8. The largest absolute Gasteiger partial charge is 0.360 e. The molecule has 1 heterocycles. The fourth-order valence-corrected chi connectivity index (χ4v) is 2.85. The molecule has 0 spiro atoms. The van der Waals surface area contributed by atoms with E-state index in [0.29, 0.717) is 0 Å². The molecule has 18 heavy (non-hydrogen) atoms. The molecule has 3 rings (SSSR count). The maximum Gasteiger partial charge on any atom is 0.0537 e. The molecule has 0 fully saturated rings. The molecule has 1 nitrogen and oxygen atoms in total. The van der Waals surface area contributed by atoms with Crippen molar-refractivity contribution in [2.75, 3.05) is 0 Å². The Morgan fingerprint density at radius 2 is 1.89 bits per heavy atom. The minimum absolute atomic E-state index is 1.05. The molecule has 0 saturated carbocycles. The Balaban J connectivity index is 2.32. The zero-order valence-electron chi connectivity index (χ0n) is 10.2. The number of benzene rings is 2. The molecule has 0 atom stereocenters. The highest BCUT2D eigenvalue weighted by Gasteiger charge is 2.09. The lowest BCUT2D eigenvalue weighted by Gasteiger charge is -2.05. The highest BCUT2D eigenvalue weighted by molar-refractivity contribution is 9.10. The molecule has 0 unspecified atom stereocenters. The van der Waals surface area contributed by atoms with Gasteiger partial charge in [0.2, 0.25) is 0 Å². The molecule has 90 valence electrons. The Morgan fingerprint density at radius 1 is 1.11 bits per heavy atom. The Morgan fingerprint density at radius 3 is 2.61 bits per heavy atom. The number of rotatable bonds is 2. The molecule has 0 amide bonds. The van der Waals surface area contributed by atoms with Gasteiger partial charge in [0.1, 0.15) is 0 Å². The van der Waals surface area contributed by atoms with E-state index in [1.54, 1.807) is 0 Å². The van der Waals surface area contributed by atoms with Gasteiger partial charge >= 0.3 is 0 Å². The first-order chi connectivity index (χ1) is 8.79. The predicted octanol–water partition coefficient (Wildman–Crippen LogP) is 5.16. The van der Waals surface area contributed by atoms with Gasteiger partial charge in [-0.2, -0.15) is 0 Å². The van der Waals surface area contributed by atoms with E-state index in [-0.39, 0.29) is 0 Å². The molecule has 2 aromatic carbocycles. The second-order valence-electron chi connectivity index (χ2n) is 4.41. The van der Waals surface area contributed by atoms with Gasteiger partial charge in [0.05, 0.1) is 5.52 Å².